The first-order chi connectivity index (χ1) is 13.5. The van der Waals surface area contributed by atoms with Crippen LogP contribution in [0.15, 0.2) is 29.3 Å². The van der Waals surface area contributed by atoms with Crippen molar-refractivity contribution in [2.24, 2.45) is 4.99 Å². The summed E-state index contributed by atoms with van der Waals surface area (Å²) in [5.41, 5.74) is 1.13. The Labute approximate surface area is 172 Å². The first-order valence-corrected chi connectivity index (χ1v) is 10.3. The van der Waals surface area contributed by atoms with Gasteiger partial charge in [-0.2, -0.15) is 0 Å². The van der Waals surface area contributed by atoms with Gasteiger partial charge in [0.15, 0.2) is 5.96 Å². The summed E-state index contributed by atoms with van der Waals surface area (Å²) in [6.07, 6.45) is 3.36. The largest absolute Gasteiger partial charge is 0.376 e. The molecule has 2 unspecified atom stereocenters. The molecule has 2 N–H and O–H groups in total. The van der Waals surface area contributed by atoms with Crippen LogP contribution in [0.25, 0.3) is 0 Å². The molecule has 3 rings (SSSR count). The maximum absolute atomic E-state index is 11.9. The highest BCUT2D eigenvalue weighted by atomic mass is 35.5. The molecule has 0 bridgehead atoms. The molecule has 154 valence electrons. The van der Waals surface area contributed by atoms with Crippen LogP contribution in [0.2, 0.25) is 5.02 Å². The first kappa shape index (κ1) is 20.7. The molecule has 2 saturated heterocycles. The van der Waals surface area contributed by atoms with Gasteiger partial charge < -0.3 is 25.2 Å². The second-order valence-electron chi connectivity index (χ2n) is 7.52. The average Bonchev–Trinajstić information content (AvgIpc) is 3.35. The van der Waals surface area contributed by atoms with E-state index in [9.17, 15) is 4.79 Å². The van der Waals surface area contributed by atoms with E-state index in [-0.39, 0.29) is 24.6 Å². The molecule has 2 heterocycles. The number of benzene rings is 1. The number of ether oxygens (including phenoxy) is 1. The number of amides is 1. The molecule has 0 radical (unpaired) electrons. The fraction of sp³-hybridized carbons (Fsp3) is 0.600. The average molecular weight is 408 g/mol. The van der Waals surface area contributed by atoms with E-state index in [1.165, 1.54) is 0 Å². The number of anilines is 1. The number of hydrogen-bond acceptors (Lipinski definition) is 4. The Balaban J connectivity index is 1.58. The Morgan fingerprint density at radius 3 is 2.96 bits per heavy atom. The standard InChI is InChI=1S/C20H30ClN5O2/c1-25(2)19(27)13-23-20(22-12-18-7-4-10-28-18)24-16-8-9-26(14-16)17-6-3-5-15(21)11-17/h3,5-6,11,16,18H,4,7-10,12-14H2,1-2H3,(H2,22,23,24). The van der Waals surface area contributed by atoms with Gasteiger partial charge in [-0.05, 0) is 37.5 Å². The summed E-state index contributed by atoms with van der Waals surface area (Å²) < 4.78 is 5.68. The van der Waals surface area contributed by atoms with Crippen molar-refractivity contribution in [1.29, 1.82) is 0 Å². The van der Waals surface area contributed by atoms with Crippen molar-refractivity contribution in [1.82, 2.24) is 15.5 Å². The van der Waals surface area contributed by atoms with Gasteiger partial charge in [0.1, 0.15) is 6.54 Å². The molecule has 2 fully saturated rings. The third-order valence-corrected chi connectivity index (χ3v) is 5.33. The Kier molecular flexibility index (Phi) is 7.39. The second kappa shape index (κ2) is 9.98. The van der Waals surface area contributed by atoms with Crippen molar-refractivity contribution in [3.05, 3.63) is 29.3 Å². The van der Waals surface area contributed by atoms with Crippen LogP contribution in [0, 0.1) is 0 Å². The molecule has 2 aliphatic heterocycles. The van der Waals surface area contributed by atoms with Gasteiger partial charge in [-0.3, -0.25) is 4.79 Å². The summed E-state index contributed by atoms with van der Waals surface area (Å²) in [5, 5.41) is 7.58. The Morgan fingerprint density at radius 2 is 2.25 bits per heavy atom. The van der Waals surface area contributed by atoms with E-state index in [0.29, 0.717) is 12.5 Å². The maximum atomic E-state index is 11.9. The summed E-state index contributed by atoms with van der Waals surface area (Å²) in [6.45, 7) is 3.46. The van der Waals surface area contributed by atoms with E-state index in [4.69, 9.17) is 16.3 Å². The number of rotatable bonds is 6. The van der Waals surface area contributed by atoms with E-state index in [0.717, 1.165) is 49.7 Å². The van der Waals surface area contributed by atoms with Crippen molar-refractivity contribution in [3.63, 3.8) is 0 Å². The normalized spacial score (nSPS) is 22.4. The number of nitrogens with one attached hydrogen (secondary N) is 2. The zero-order valence-corrected chi connectivity index (χ0v) is 17.4. The van der Waals surface area contributed by atoms with Crippen LogP contribution in [0.1, 0.15) is 19.3 Å². The van der Waals surface area contributed by atoms with Gasteiger partial charge in [0.2, 0.25) is 5.91 Å². The van der Waals surface area contributed by atoms with E-state index in [2.05, 4.69) is 26.6 Å². The molecule has 0 saturated carbocycles. The zero-order valence-electron chi connectivity index (χ0n) is 16.7. The molecule has 0 aliphatic carbocycles. The number of nitrogens with zero attached hydrogens (tertiary/aromatic N) is 3. The molecule has 28 heavy (non-hydrogen) atoms. The molecule has 0 aromatic heterocycles. The monoisotopic (exact) mass is 407 g/mol. The van der Waals surface area contributed by atoms with Crippen LogP contribution in [0.4, 0.5) is 5.69 Å². The number of likely N-dealkylation sites (N-methyl/N-ethyl adjacent to an activating group) is 1. The van der Waals surface area contributed by atoms with Crippen molar-refractivity contribution in [2.45, 2.75) is 31.4 Å². The van der Waals surface area contributed by atoms with E-state index >= 15 is 0 Å². The molecule has 1 amide bonds. The van der Waals surface area contributed by atoms with Gasteiger partial charge in [0.25, 0.3) is 0 Å². The third-order valence-electron chi connectivity index (χ3n) is 5.09. The molecule has 0 spiro atoms. The number of aliphatic imine (C=N–C) groups is 1. The molecule has 7 nitrogen and oxygen atoms in total. The summed E-state index contributed by atoms with van der Waals surface area (Å²) in [4.78, 5) is 20.3. The van der Waals surface area contributed by atoms with Crippen LogP contribution in [-0.2, 0) is 9.53 Å². The molecular weight excluding hydrogens is 378 g/mol. The topological polar surface area (TPSA) is 69.2 Å². The van der Waals surface area contributed by atoms with Gasteiger partial charge in [-0.25, -0.2) is 4.99 Å². The Morgan fingerprint density at radius 1 is 1.39 bits per heavy atom. The highest BCUT2D eigenvalue weighted by Gasteiger charge is 2.24. The Hall–Kier alpha value is -1.99. The third kappa shape index (κ3) is 6.01. The van der Waals surface area contributed by atoms with E-state index in [1.54, 1.807) is 19.0 Å². The smallest absolute Gasteiger partial charge is 0.243 e. The summed E-state index contributed by atoms with van der Waals surface area (Å²) in [5.74, 6) is 0.647. The molecule has 1 aromatic carbocycles. The van der Waals surface area contributed by atoms with Crippen LogP contribution in [0.3, 0.4) is 0 Å². The highest BCUT2D eigenvalue weighted by molar-refractivity contribution is 6.30. The number of carbonyl (C=O) groups is 1. The minimum Gasteiger partial charge on any atom is -0.376 e. The second-order valence-corrected chi connectivity index (χ2v) is 7.96. The van der Waals surface area contributed by atoms with Gasteiger partial charge in [-0.15, -0.1) is 0 Å². The minimum atomic E-state index is -0.0230. The van der Waals surface area contributed by atoms with Crippen molar-refractivity contribution in [3.8, 4) is 0 Å². The minimum absolute atomic E-state index is 0.0230. The van der Waals surface area contributed by atoms with Crippen molar-refractivity contribution >= 4 is 29.2 Å². The fourth-order valence-electron chi connectivity index (χ4n) is 3.44. The molecule has 2 atom stereocenters. The first-order valence-electron chi connectivity index (χ1n) is 9.88. The van der Waals surface area contributed by atoms with Gasteiger partial charge in [0.05, 0.1) is 6.10 Å². The van der Waals surface area contributed by atoms with Crippen LogP contribution < -0.4 is 15.5 Å². The predicted octanol–water partition coefficient (Wildman–Crippen LogP) is 1.72. The number of hydrogen-bond donors (Lipinski definition) is 2. The number of carbonyl (C=O) groups excluding carboxylic acids is 1. The maximum Gasteiger partial charge on any atom is 0.243 e. The molecule has 2 aliphatic rings. The molecule has 1 aromatic rings. The predicted molar refractivity (Wildman–Crippen MR) is 113 cm³/mol. The van der Waals surface area contributed by atoms with Crippen molar-refractivity contribution < 1.29 is 9.53 Å². The lowest BCUT2D eigenvalue weighted by Gasteiger charge is -2.21. The van der Waals surface area contributed by atoms with Crippen LogP contribution in [-0.4, -0.2) is 75.8 Å². The molecule has 8 heteroatoms. The molecular formula is C20H30ClN5O2. The van der Waals surface area contributed by atoms with Crippen LogP contribution >= 0.6 is 11.6 Å². The van der Waals surface area contributed by atoms with Crippen molar-refractivity contribution in [2.75, 3.05) is 51.8 Å². The SMILES string of the molecule is CN(C)C(=O)CN=C(NCC1CCCO1)NC1CCN(c2cccc(Cl)c2)C1. The summed E-state index contributed by atoms with van der Waals surface area (Å²) in [6, 6.07) is 8.18. The lowest BCUT2D eigenvalue weighted by atomic mass is 10.2. The number of guanidine groups is 1. The van der Waals surface area contributed by atoms with Gasteiger partial charge >= 0.3 is 0 Å². The Bertz CT molecular complexity index is 691. The summed E-state index contributed by atoms with van der Waals surface area (Å²) in [7, 11) is 3.48. The van der Waals surface area contributed by atoms with Gasteiger partial charge in [-0.1, -0.05) is 17.7 Å². The van der Waals surface area contributed by atoms with Gasteiger partial charge in [0, 0.05) is 57.1 Å². The van der Waals surface area contributed by atoms with E-state index < -0.39 is 0 Å². The van der Waals surface area contributed by atoms with E-state index in [1.807, 2.05) is 18.2 Å². The quantitative estimate of drug-likeness (QED) is 0.555. The van der Waals surface area contributed by atoms with Crippen LogP contribution in [0.5, 0.6) is 0 Å². The lowest BCUT2D eigenvalue weighted by molar-refractivity contribution is -0.127. The summed E-state index contributed by atoms with van der Waals surface area (Å²) >= 11 is 6.12. The number of halogens is 1. The lowest BCUT2D eigenvalue weighted by Crippen LogP contribution is -2.47. The fourth-order valence-corrected chi connectivity index (χ4v) is 3.62. The highest BCUT2D eigenvalue weighted by Crippen LogP contribution is 2.23. The zero-order chi connectivity index (χ0) is 19.9.